The number of halogens is 2. The van der Waals surface area contributed by atoms with Crippen LogP contribution in [0.25, 0.3) is 0 Å². The molecule has 0 aliphatic heterocycles. The monoisotopic (exact) mass is 299 g/mol. The average Bonchev–Trinajstić information content (AvgIpc) is 2.61. The van der Waals surface area contributed by atoms with Gasteiger partial charge in [-0.05, 0) is 19.1 Å². The molecule has 0 aliphatic rings. The van der Waals surface area contributed by atoms with Crippen molar-refractivity contribution in [1.82, 2.24) is 9.78 Å². The Kier molecular flexibility index (Phi) is 3.97. The van der Waals surface area contributed by atoms with E-state index in [4.69, 9.17) is 33.1 Å². The van der Waals surface area contributed by atoms with Crippen LogP contribution in [0, 0.1) is 6.92 Å². The molecular formula is C12H11Cl2N3O2. The van der Waals surface area contributed by atoms with E-state index in [1.54, 1.807) is 36.9 Å². The van der Waals surface area contributed by atoms with Gasteiger partial charge in [0.05, 0.1) is 27.5 Å². The highest BCUT2D eigenvalue weighted by Gasteiger charge is 2.14. The normalized spacial score (nSPS) is 11.2. The number of hydrogen-bond donors (Lipinski definition) is 1. The summed E-state index contributed by atoms with van der Waals surface area (Å²) in [6.07, 6.45) is 1.27. The van der Waals surface area contributed by atoms with E-state index in [9.17, 15) is 0 Å². The van der Waals surface area contributed by atoms with Gasteiger partial charge in [-0.1, -0.05) is 28.4 Å². The number of aromatic nitrogens is 2. The van der Waals surface area contributed by atoms with Gasteiger partial charge in [-0.15, -0.1) is 0 Å². The molecule has 0 amide bonds. The van der Waals surface area contributed by atoms with E-state index in [0.29, 0.717) is 32.9 Å². The predicted molar refractivity (Wildman–Crippen MR) is 73.9 cm³/mol. The third-order valence-corrected chi connectivity index (χ3v) is 3.25. The second kappa shape index (κ2) is 5.50. The first-order chi connectivity index (χ1) is 9.02. The molecule has 0 saturated carbocycles. The van der Waals surface area contributed by atoms with E-state index in [2.05, 4.69) is 10.3 Å². The zero-order valence-corrected chi connectivity index (χ0v) is 11.8. The Morgan fingerprint density at radius 1 is 1.37 bits per heavy atom. The molecule has 2 rings (SSSR count). The summed E-state index contributed by atoms with van der Waals surface area (Å²) in [6.45, 7) is 1.79. The smallest absolute Gasteiger partial charge is 0.226 e. The van der Waals surface area contributed by atoms with Crippen LogP contribution in [0.4, 0.5) is 0 Å². The molecule has 0 bridgehead atoms. The van der Waals surface area contributed by atoms with Crippen molar-refractivity contribution < 1.29 is 9.94 Å². The number of ether oxygens (including phenoxy) is 1. The van der Waals surface area contributed by atoms with Crippen molar-refractivity contribution in [2.45, 2.75) is 6.92 Å². The molecule has 5 nitrogen and oxygen atoms in total. The van der Waals surface area contributed by atoms with Gasteiger partial charge in [-0.25, -0.2) is 4.68 Å². The van der Waals surface area contributed by atoms with E-state index in [1.807, 2.05) is 0 Å². The van der Waals surface area contributed by atoms with Crippen molar-refractivity contribution in [3.63, 3.8) is 0 Å². The zero-order valence-electron chi connectivity index (χ0n) is 10.3. The summed E-state index contributed by atoms with van der Waals surface area (Å²) in [5.41, 5.74) is 1.28. The number of nitrogens with zero attached hydrogens (tertiary/aromatic N) is 3. The molecule has 19 heavy (non-hydrogen) atoms. The van der Waals surface area contributed by atoms with Crippen LogP contribution in [0.15, 0.2) is 23.4 Å². The molecule has 2 aromatic rings. The second-order valence-electron chi connectivity index (χ2n) is 3.85. The summed E-state index contributed by atoms with van der Waals surface area (Å²) in [4.78, 5) is 0. The minimum atomic E-state index is 0.399. The third-order valence-electron chi connectivity index (χ3n) is 2.51. The minimum Gasteiger partial charge on any atom is -0.439 e. The lowest BCUT2D eigenvalue weighted by Crippen LogP contribution is -1.97. The van der Waals surface area contributed by atoms with Crippen molar-refractivity contribution in [2.24, 2.45) is 12.2 Å². The number of aryl methyl sites for hydroxylation is 2. The van der Waals surface area contributed by atoms with Crippen LogP contribution in [-0.2, 0) is 7.05 Å². The number of oxime groups is 1. The fourth-order valence-corrected chi connectivity index (χ4v) is 1.92. The zero-order chi connectivity index (χ0) is 14.0. The topological polar surface area (TPSA) is 59.6 Å². The Morgan fingerprint density at radius 2 is 2.11 bits per heavy atom. The molecule has 0 spiro atoms. The summed E-state index contributed by atoms with van der Waals surface area (Å²) < 4.78 is 7.25. The summed E-state index contributed by atoms with van der Waals surface area (Å²) in [7, 11) is 1.73. The first-order valence-corrected chi connectivity index (χ1v) is 6.12. The molecule has 0 radical (unpaired) electrons. The van der Waals surface area contributed by atoms with Crippen molar-refractivity contribution in [3.05, 3.63) is 39.5 Å². The Balaban J connectivity index is 2.40. The highest BCUT2D eigenvalue weighted by atomic mass is 35.5. The second-order valence-corrected chi connectivity index (χ2v) is 4.66. The van der Waals surface area contributed by atoms with Crippen LogP contribution in [0.1, 0.15) is 11.3 Å². The van der Waals surface area contributed by atoms with Crippen molar-refractivity contribution in [3.8, 4) is 11.6 Å². The van der Waals surface area contributed by atoms with E-state index >= 15 is 0 Å². The number of hydrogen-bond acceptors (Lipinski definition) is 4. The van der Waals surface area contributed by atoms with Gasteiger partial charge in [0.15, 0.2) is 0 Å². The van der Waals surface area contributed by atoms with E-state index in [1.165, 1.54) is 6.21 Å². The SMILES string of the molecule is Cc1nn(C)c(Oc2ccc(Cl)c(Cl)c2)c1/C=N/O. The molecule has 0 saturated heterocycles. The molecule has 0 aliphatic carbocycles. The van der Waals surface area contributed by atoms with Crippen LogP contribution < -0.4 is 4.74 Å². The fourth-order valence-electron chi connectivity index (χ4n) is 1.63. The Hall–Kier alpha value is -1.72. The standard InChI is InChI=1S/C12H11Cl2N3O2/c1-7-9(6-15-18)12(17(2)16-7)19-8-3-4-10(13)11(14)5-8/h3-6,18H,1-2H3/b15-6+. The maximum absolute atomic E-state index is 8.66. The Labute approximate surface area is 120 Å². The van der Waals surface area contributed by atoms with Crippen molar-refractivity contribution in [1.29, 1.82) is 0 Å². The molecular weight excluding hydrogens is 289 g/mol. The predicted octanol–water partition coefficient (Wildman–Crippen LogP) is 3.64. The largest absolute Gasteiger partial charge is 0.439 e. The molecule has 0 atom stereocenters. The highest BCUT2D eigenvalue weighted by molar-refractivity contribution is 6.42. The van der Waals surface area contributed by atoms with Crippen LogP contribution in [0.5, 0.6) is 11.6 Å². The van der Waals surface area contributed by atoms with E-state index in [-0.39, 0.29) is 0 Å². The summed E-state index contributed by atoms with van der Waals surface area (Å²) in [5.74, 6) is 0.971. The van der Waals surface area contributed by atoms with Gasteiger partial charge in [0.25, 0.3) is 0 Å². The molecule has 1 aromatic carbocycles. The quantitative estimate of drug-likeness (QED) is 0.535. The van der Waals surface area contributed by atoms with Crippen LogP contribution >= 0.6 is 23.2 Å². The van der Waals surface area contributed by atoms with E-state index < -0.39 is 0 Å². The van der Waals surface area contributed by atoms with Crippen LogP contribution in [-0.4, -0.2) is 21.2 Å². The lowest BCUT2D eigenvalue weighted by molar-refractivity contribution is 0.321. The fraction of sp³-hybridized carbons (Fsp3) is 0.167. The molecule has 7 heteroatoms. The summed E-state index contributed by atoms with van der Waals surface area (Å²) in [6, 6.07) is 4.94. The van der Waals surface area contributed by atoms with E-state index in [0.717, 1.165) is 0 Å². The molecule has 0 unspecified atom stereocenters. The van der Waals surface area contributed by atoms with Crippen molar-refractivity contribution >= 4 is 29.4 Å². The average molecular weight is 300 g/mol. The Bertz CT molecular complexity index is 638. The van der Waals surface area contributed by atoms with Gasteiger partial charge in [0, 0.05) is 13.1 Å². The van der Waals surface area contributed by atoms with Crippen LogP contribution in [0.3, 0.4) is 0 Å². The van der Waals surface area contributed by atoms with Gasteiger partial charge in [-0.3, -0.25) is 0 Å². The first-order valence-electron chi connectivity index (χ1n) is 5.37. The van der Waals surface area contributed by atoms with Crippen molar-refractivity contribution in [2.75, 3.05) is 0 Å². The third kappa shape index (κ3) is 2.83. The van der Waals surface area contributed by atoms with Gasteiger partial charge in [-0.2, -0.15) is 5.10 Å². The Morgan fingerprint density at radius 3 is 2.74 bits per heavy atom. The van der Waals surface area contributed by atoms with Crippen LogP contribution in [0.2, 0.25) is 10.0 Å². The molecule has 0 fully saturated rings. The first kappa shape index (κ1) is 13.7. The van der Waals surface area contributed by atoms with Gasteiger partial charge in [0.1, 0.15) is 5.75 Å². The van der Waals surface area contributed by atoms with Gasteiger partial charge >= 0.3 is 0 Å². The van der Waals surface area contributed by atoms with Gasteiger partial charge in [0.2, 0.25) is 5.88 Å². The maximum Gasteiger partial charge on any atom is 0.226 e. The minimum absolute atomic E-state index is 0.399. The number of rotatable bonds is 3. The summed E-state index contributed by atoms with van der Waals surface area (Å²) in [5, 5.41) is 16.7. The molecule has 1 heterocycles. The molecule has 1 aromatic heterocycles. The lowest BCUT2D eigenvalue weighted by Gasteiger charge is -2.07. The molecule has 100 valence electrons. The summed E-state index contributed by atoms with van der Waals surface area (Å²) >= 11 is 11.8. The highest BCUT2D eigenvalue weighted by Crippen LogP contribution is 2.31. The maximum atomic E-state index is 8.66. The molecule has 1 N–H and O–H groups in total. The lowest BCUT2D eigenvalue weighted by atomic mass is 10.3. The number of benzene rings is 1. The van der Waals surface area contributed by atoms with Gasteiger partial charge < -0.3 is 9.94 Å².